The van der Waals surface area contributed by atoms with Gasteiger partial charge in [0, 0.05) is 18.2 Å². The van der Waals surface area contributed by atoms with Crippen LogP contribution >= 0.6 is 0 Å². The standard InChI is InChI=1S/C19H21N3O3/c1-12-6-8-14(9-7-12)17(21-13(2)23)11-18(24)22-16-5-3-4-15(10-16)19(20)25/h3-10,17H,11H2,1-2H3,(H2,20,25)(H,21,23)(H,22,24). The van der Waals surface area contributed by atoms with E-state index in [1.807, 2.05) is 31.2 Å². The number of primary amides is 1. The molecule has 0 heterocycles. The summed E-state index contributed by atoms with van der Waals surface area (Å²) >= 11 is 0. The lowest BCUT2D eigenvalue weighted by Gasteiger charge is -2.18. The first kappa shape index (κ1) is 18.2. The first-order valence-corrected chi connectivity index (χ1v) is 7.88. The molecule has 2 aromatic rings. The van der Waals surface area contributed by atoms with Crippen LogP contribution in [0, 0.1) is 6.92 Å². The molecule has 1 unspecified atom stereocenters. The zero-order chi connectivity index (χ0) is 18.4. The predicted molar refractivity (Wildman–Crippen MR) is 95.9 cm³/mol. The van der Waals surface area contributed by atoms with Gasteiger partial charge in [0.1, 0.15) is 0 Å². The SMILES string of the molecule is CC(=O)NC(CC(=O)Nc1cccc(C(N)=O)c1)c1ccc(C)cc1. The fourth-order valence-corrected chi connectivity index (χ4v) is 2.44. The summed E-state index contributed by atoms with van der Waals surface area (Å²) < 4.78 is 0. The van der Waals surface area contributed by atoms with E-state index in [0.717, 1.165) is 11.1 Å². The Morgan fingerprint density at radius 3 is 2.36 bits per heavy atom. The lowest BCUT2D eigenvalue weighted by Crippen LogP contribution is -2.29. The molecule has 0 fully saturated rings. The van der Waals surface area contributed by atoms with Crippen molar-refractivity contribution >= 4 is 23.4 Å². The molecule has 3 amide bonds. The average molecular weight is 339 g/mol. The van der Waals surface area contributed by atoms with Crippen LogP contribution in [-0.2, 0) is 9.59 Å². The molecule has 4 N–H and O–H groups in total. The van der Waals surface area contributed by atoms with Crippen LogP contribution in [0.1, 0.15) is 40.9 Å². The Kier molecular flexibility index (Phi) is 5.89. The number of nitrogens with one attached hydrogen (secondary N) is 2. The number of carbonyl (C=O) groups excluding carboxylic acids is 3. The Balaban J connectivity index is 2.11. The fourth-order valence-electron chi connectivity index (χ4n) is 2.44. The Labute approximate surface area is 146 Å². The quantitative estimate of drug-likeness (QED) is 0.752. The minimum atomic E-state index is -0.563. The summed E-state index contributed by atoms with van der Waals surface area (Å²) in [6, 6.07) is 13.6. The van der Waals surface area contributed by atoms with Gasteiger partial charge in [-0.05, 0) is 30.7 Å². The summed E-state index contributed by atoms with van der Waals surface area (Å²) in [4.78, 5) is 35.0. The van der Waals surface area contributed by atoms with E-state index in [1.165, 1.54) is 13.0 Å². The van der Waals surface area contributed by atoms with Gasteiger partial charge in [0.2, 0.25) is 17.7 Å². The van der Waals surface area contributed by atoms with Crippen LogP contribution in [0.25, 0.3) is 0 Å². The highest BCUT2D eigenvalue weighted by molar-refractivity contribution is 5.96. The molecule has 1 atom stereocenters. The van der Waals surface area contributed by atoms with Crippen molar-refractivity contribution < 1.29 is 14.4 Å². The second-order valence-corrected chi connectivity index (χ2v) is 5.86. The maximum atomic E-state index is 12.3. The van der Waals surface area contributed by atoms with Crippen LogP contribution in [-0.4, -0.2) is 17.7 Å². The van der Waals surface area contributed by atoms with E-state index in [9.17, 15) is 14.4 Å². The second kappa shape index (κ2) is 8.10. The van der Waals surface area contributed by atoms with Crippen molar-refractivity contribution in [1.82, 2.24) is 5.32 Å². The fraction of sp³-hybridized carbons (Fsp3) is 0.211. The number of rotatable bonds is 6. The Morgan fingerprint density at radius 2 is 1.76 bits per heavy atom. The van der Waals surface area contributed by atoms with E-state index < -0.39 is 11.9 Å². The van der Waals surface area contributed by atoms with Gasteiger partial charge in [0.25, 0.3) is 0 Å². The lowest BCUT2D eigenvalue weighted by atomic mass is 10.0. The predicted octanol–water partition coefficient (Wildman–Crippen LogP) is 2.30. The second-order valence-electron chi connectivity index (χ2n) is 5.86. The molecular weight excluding hydrogens is 318 g/mol. The summed E-state index contributed by atoms with van der Waals surface area (Å²) in [5.41, 5.74) is 7.98. The highest BCUT2D eigenvalue weighted by Crippen LogP contribution is 2.19. The zero-order valence-electron chi connectivity index (χ0n) is 14.2. The van der Waals surface area contributed by atoms with Gasteiger partial charge in [-0.2, -0.15) is 0 Å². The van der Waals surface area contributed by atoms with E-state index in [1.54, 1.807) is 18.2 Å². The summed E-state index contributed by atoms with van der Waals surface area (Å²) in [6.45, 7) is 3.38. The summed E-state index contributed by atoms with van der Waals surface area (Å²) in [5.74, 6) is -1.05. The molecule has 0 radical (unpaired) electrons. The largest absolute Gasteiger partial charge is 0.366 e. The van der Waals surface area contributed by atoms with Crippen molar-refractivity contribution in [3.8, 4) is 0 Å². The van der Waals surface area contributed by atoms with Crippen LogP contribution < -0.4 is 16.4 Å². The first-order chi connectivity index (χ1) is 11.8. The molecule has 0 saturated heterocycles. The lowest BCUT2D eigenvalue weighted by molar-refractivity contribution is -0.120. The van der Waals surface area contributed by atoms with Crippen molar-refractivity contribution in [1.29, 1.82) is 0 Å². The summed E-state index contributed by atoms with van der Waals surface area (Å²) in [7, 11) is 0. The number of carbonyl (C=O) groups is 3. The minimum absolute atomic E-state index is 0.0729. The summed E-state index contributed by atoms with van der Waals surface area (Å²) in [6.07, 6.45) is 0.0729. The molecule has 0 aliphatic heterocycles. The molecule has 0 spiro atoms. The van der Waals surface area contributed by atoms with Crippen LogP contribution in [0.15, 0.2) is 48.5 Å². The molecule has 6 nitrogen and oxygen atoms in total. The smallest absolute Gasteiger partial charge is 0.248 e. The number of amides is 3. The first-order valence-electron chi connectivity index (χ1n) is 7.88. The van der Waals surface area contributed by atoms with Gasteiger partial charge in [0.05, 0.1) is 12.5 Å². The average Bonchev–Trinajstić information content (AvgIpc) is 2.54. The van der Waals surface area contributed by atoms with Gasteiger partial charge in [0.15, 0.2) is 0 Å². The van der Waals surface area contributed by atoms with Crippen molar-refractivity contribution in [3.05, 3.63) is 65.2 Å². The number of benzene rings is 2. The molecule has 25 heavy (non-hydrogen) atoms. The molecule has 2 rings (SSSR count). The molecule has 0 aliphatic rings. The minimum Gasteiger partial charge on any atom is -0.366 e. The van der Waals surface area contributed by atoms with E-state index in [0.29, 0.717) is 11.3 Å². The number of aryl methyl sites for hydroxylation is 1. The van der Waals surface area contributed by atoms with Crippen molar-refractivity contribution in [3.63, 3.8) is 0 Å². The van der Waals surface area contributed by atoms with Gasteiger partial charge in [-0.1, -0.05) is 35.9 Å². The topological polar surface area (TPSA) is 101 Å². The van der Waals surface area contributed by atoms with Crippen LogP contribution in [0.4, 0.5) is 5.69 Å². The van der Waals surface area contributed by atoms with Gasteiger partial charge < -0.3 is 16.4 Å². The van der Waals surface area contributed by atoms with Crippen molar-refractivity contribution in [2.45, 2.75) is 26.3 Å². The van der Waals surface area contributed by atoms with Crippen LogP contribution in [0.3, 0.4) is 0 Å². The number of hydrogen-bond donors (Lipinski definition) is 3. The molecule has 0 bridgehead atoms. The molecule has 2 aromatic carbocycles. The van der Waals surface area contributed by atoms with E-state index in [-0.39, 0.29) is 18.2 Å². The highest BCUT2D eigenvalue weighted by Gasteiger charge is 2.17. The highest BCUT2D eigenvalue weighted by atomic mass is 16.2. The molecule has 0 aromatic heterocycles. The van der Waals surface area contributed by atoms with E-state index in [2.05, 4.69) is 10.6 Å². The maximum Gasteiger partial charge on any atom is 0.248 e. The molecule has 130 valence electrons. The third-order valence-electron chi connectivity index (χ3n) is 3.68. The number of hydrogen-bond acceptors (Lipinski definition) is 3. The Morgan fingerprint density at radius 1 is 1.08 bits per heavy atom. The number of nitrogens with two attached hydrogens (primary N) is 1. The third-order valence-corrected chi connectivity index (χ3v) is 3.68. The van der Waals surface area contributed by atoms with Gasteiger partial charge in [-0.3, -0.25) is 14.4 Å². The van der Waals surface area contributed by atoms with Gasteiger partial charge in [-0.25, -0.2) is 0 Å². The van der Waals surface area contributed by atoms with Crippen LogP contribution in [0.5, 0.6) is 0 Å². The summed E-state index contributed by atoms with van der Waals surface area (Å²) in [5, 5.41) is 5.51. The zero-order valence-corrected chi connectivity index (χ0v) is 14.2. The molecule has 6 heteroatoms. The van der Waals surface area contributed by atoms with Crippen molar-refractivity contribution in [2.75, 3.05) is 5.32 Å². The normalized spacial score (nSPS) is 11.4. The molecule has 0 saturated carbocycles. The maximum absolute atomic E-state index is 12.3. The van der Waals surface area contributed by atoms with Crippen LogP contribution in [0.2, 0.25) is 0 Å². The number of anilines is 1. The molecular formula is C19H21N3O3. The Bertz CT molecular complexity index is 785. The van der Waals surface area contributed by atoms with E-state index >= 15 is 0 Å². The van der Waals surface area contributed by atoms with Gasteiger partial charge in [-0.15, -0.1) is 0 Å². The van der Waals surface area contributed by atoms with E-state index in [4.69, 9.17) is 5.73 Å². The molecule has 0 aliphatic carbocycles. The van der Waals surface area contributed by atoms with Gasteiger partial charge >= 0.3 is 0 Å². The third kappa shape index (κ3) is 5.46. The monoisotopic (exact) mass is 339 g/mol. The van der Waals surface area contributed by atoms with Crippen molar-refractivity contribution in [2.24, 2.45) is 5.73 Å². The Hall–Kier alpha value is -3.15.